The monoisotopic (exact) mass is 301 g/mol. The number of amides is 1. The molecule has 0 radical (unpaired) electrons. The van der Waals surface area contributed by atoms with E-state index in [0.717, 1.165) is 0 Å². The van der Waals surface area contributed by atoms with Gasteiger partial charge in [0.25, 0.3) is 5.91 Å². The summed E-state index contributed by atoms with van der Waals surface area (Å²) in [6.07, 6.45) is 2.79. The number of likely N-dealkylation sites (tertiary alicyclic amines) is 1. The highest BCUT2D eigenvalue weighted by molar-refractivity contribution is 6.32. The first-order valence-corrected chi connectivity index (χ1v) is 6.81. The van der Waals surface area contributed by atoms with Gasteiger partial charge in [-0.25, -0.2) is 0 Å². The van der Waals surface area contributed by atoms with E-state index in [1.165, 1.54) is 6.26 Å². The fourth-order valence-electron chi connectivity index (χ4n) is 2.15. The third kappa shape index (κ3) is 3.74. The second-order valence-electron chi connectivity index (χ2n) is 4.61. The molecule has 6 nitrogen and oxygen atoms in total. The third-order valence-corrected chi connectivity index (χ3v) is 3.54. The number of hydrogen-bond donors (Lipinski definition) is 1. The number of carbonyl (C=O) groups excluding carboxylic acids is 1. The van der Waals surface area contributed by atoms with Crippen LogP contribution in [0.1, 0.15) is 29.6 Å². The molecule has 2 rings (SSSR count). The molecule has 0 aliphatic carbocycles. The molecular weight excluding hydrogens is 286 g/mol. The minimum Gasteiger partial charge on any atom is -0.481 e. The lowest BCUT2D eigenvalue weighted by molar-refractivity contribution is -0.138. The standard InChI is InChI=1S/C13H16ClNO5/c14-12-10(3-7-20-12)13(18)15-5-1-9(2-6-15)19-8-4-11(16)17/h3,7,9H,1-2,4-6,8H2,(H,16,17). The van der Waals surface area contributed by atoms with Crippen LogP contribution in [0.2, 0.25) is 5.22 Å². The maximum atomic E-state index is 12.2. The van der Waals surface area contributed by atoms with Gasteiger partial charge >= 0.3 is 5.97 Å². The number of rotatable bonds is 5. The number of carbonyl (C=O) groups is 2. The number of hydrogen-bond acceptors (Lipinski definition) is 4. The van der Waals surface area contributed by atoms with Gasteiger partial charge in [-0.05, 0) is 30.5 Å². The van der Waals surface area contributed by atoms with Crippen molar-refractivity contribution in [3.63, 3.8) is 0 Å². The zero-order valence-electron chi connectivity index (χ0n) is 10.9. The molecule has 0 saturated carbocycles. The second-order valence-corrected chi connectivity index (χ2v) is 4.96. The summed E-state index contributed by atoms with van der Waals surface area (Å²) in [5, 5.41) is 8.64. The van der Waals surface area contributed by atoms with Crippen LogP contribution >= 0.6 is 11.6 Å². The predicted molar refractivity (Wildman–Crippen MR) is 70.8 cm³/mol. The quantitative estimate of drug-likeness (QED) is 0.900. The van der Waals surface area contributed by atoms with Gasteiger partial charge < -0.3 is 19.2 Å². The summed E-state index contributed by atoms with van der Waals surface area (Å²) in [7, 11) is 0. The Morgan fingerprint density at radius 2 is 2.15 bits per heavy atom. The van der Waals surface area contributed by atoms with Crippen LogP contribution in [0, 0.1) is 0 Å². The van der Waals surface area contributed by atoms with Crippen molar-refractivity contribution in [3.05, 3.63) is 23.1 Å². The van der Waals surface area contributed by atoms with E-state index in [1.54, 1.807) is 11.0 Å². The average Bonchev–Trinajstić information content (AvgIpc) is 2.84. The number of ether oxygens (including phenoxy) is 1. The van der Waals surface area contributed by atoms with Gasteiger partial charge in [-0.15, -0.1) is 0 Å². The number of aliphatic carboxylic acids is 1. The van der Waals surface area contributed by atoms with Crippen LogP contribution in [0.15, 0.2) is 16.7 Å². The number of halogens is 1. The minimum absolute atomic E-state index is 0.00374. The summed E-state index contributed by atoms with van der Waals surface area (Å²) in [4.78, 5) is 24.2. The summed E-state index contributed by atoms with van der Waals surface area (Å²) in [6, 6.07) is 1.56. The Morgan fingerprint density at radius 3 is 2.70 bits per heavy atom. The minimum atomic E-state index is -0.868. The molecule has 0 aromatic carbocycles. The van der Waals surface area contributed by atoms with Crippen LogP contribution in [0.3, 0.4) is 0 Å². The highest BCUT2D eigenvalue weighted by atomic mass is 35.5. The van der Waals surface area contributed by atoms with Crippen molar-refractivity contribution in [1.29, 1.82) is 0 Å². The van der Waals surface area contributed by atoms with E-state index in [0.29, 0.717) is 31.5 Å². The molecular formula is C13H16ClNO5. The fraction of sp³-hybridized carbons (Fsp3) is 0.538. The summed E-state index contributed by atoms with van der Waals surface area (Å²) < 4.78 is 10.4. The lowest BCUT2D eigenvalue weighted by atomic mass is 10.1. The molecule has 1 aromatic heterocycles. The molecule has 0 unspecified atom stereocenters. The second kappa shape index (κ2) is 6.76. The first-order chi connectivity index (χ1) is 9.58. The lowest BCUT2D eigenvalue weighted by Gasteiger charge is -2.31. The Morgan fingerprint density at radius 1 is 1.45 bits per heavy atom. The van der Waals surface area contributed by atoms with Crippen LogP contribution in [0.5, 0.6) is 0 Å². The number of piperidine rings is 1. The molecule has 1 fully saturated rings. The smallest absolute Gasteiger partial charge is 0.305 e. The van der Waals surface area contributed by atoms with Crippen molar-refractivity contribution in [2.45, 2.75) is 25.4 Å². The van der Waals surface area contributed by atoms with E-state index >= 15 is 0 Å². The molecule has 2 heterocycles. The largest absolute Gasteiger partial charge is 0.481 e. The van der Waals surface area contributed by atoms with E-state index in [-0.39, 0.29) is 30.3 Å². The van der Waals surface area contributed by atoms with Gasteiger partial charge in [0.2, 0.25) is 5.22 Å². The van der Waals surface area contributed by atoms with Crippen LogP contribution < -0.4 is 0 Å². The van der Waals surface area contributed by atoms with Crippen LogP contribution in [0.25, 0.3) is 0 Å². The number of furan rings is 1. The molecule has 0 bridgehead atoms. The molecule has 1 aliphatic rings. The maximum Gasteiger partial charge on any atom is 0.305 e. The van der Waals surface area contributed by atoms with Crippen LogP contribution in [0.4, 0.5) is 0 Å². The van der Waals surface area contributed by atoms with E-state index in [1.807, 2.05) is 0 Å². The van der Waals surface area contributed by atoms with Crippen molar-refractivity contribution in [1.82, 2.24) is 4.90 Å². The molecule has 110 valence electrons. The maximum absolute atomic E-state index is 12.2. The van der Waals surface area contributed by atoms with Gasteiger partial charge in [-0.3, -0.25) is 9.59 Å². The molecule has 1 aliphatic heterocycles. The molecule has 20 heavy (non-hydrogen) atoms. The Bertz CT molecular complexity index is 479. The van der Waals surface area contributed by atoms with Crippen LogP contribution in [-0.2, 0) is 9.53 Å². The Kier molecular flexibility index (Phi) is 5.03. The Hall–Kier alpha value is -1.53. The van der Waals surface area contributed by atoms with Gasteiger partial charge in [0.05, 0.1) is 31.0 Å². The topological polar surface area (TPSA) is 80.0 Å². The van der Waals surface area contributed by atoms with E-state index < -0.39 is 5.97 Å². The summed E-state index contributed by atoms with van der Waals surface area (Å²) >= 11 is 5.79. The van der Waals surface area contributed by atoms with Crippen molar-refractivity contribution >= 4 is 23.5 Å². The summed E-state index contributed by atoms with van der Waals surface area (Å²) in [6.45, 7) is 1.34. The number of carboxylic acids is 1. The third-order valence-electron chi connectivity index (χ3n) is 3.25. The predicted octanol–water partition coefficient (Wildman–Crippen LogP) is 2.03. The van der Waals surface area contributed by atoms with Crippen molar-refractivity contribution < 1.29 is 23.8 Å². The normalized spacial score (nSPS) is 16.4. The molecule has 7 heteroatoms. The summed E-state index contributed by atoms with van der Waals surface area (Å²) in [5.41, 5.74) is 0.372. The first-order valence-electron chi connectivity index (χ1n) is 6.43. The lowest BCUT2D eigenvalue weighted by Crippen LogP contribution is -2.41. The van der Waals surface area contributed by atoms with E-state index in [4.69, 9.17) is 25.9 Å². The van der Waals surface area contributed by atoms with Gasteiger partial charge in [0, 0.05) is 13.1 Å². The van der Waals surface area contributed by atoms with Crippen molar-refractivity contribution in [2.24, 2.45) is 0 Å². The van der Waals surface area contributed by atoms with Crippen molar-refractivity contribution in [2.75, 3.05) is 19.7 Å². The van der Waals surface area contributed by atoms with Crippen molar-refractivity contribution in [3.8, 4) is 0 Å². The number of nitrogens with zero attached hydrogens (tertiary/aromatic N) is 1. The average molecular weight is 302 g/mol. The van der Waals surface area contributed by atoms with E-state index in [2.05, 4.69) is 0 Å². The molecule has 0 atom stereocenters. The van der Waals surface area contributed by atoms with Gasteiger partial charge in [-0.2, -0.15) is 0 Å². The van der Waals surface area contributed by atoms with Crippen LogP contribution in [-0.4, -0.2) is 47.7 Å². The zero-order chi connectivity index (χ0) is 14.5. The van der Waals surface area contributed by atoms with Gasteiger partial charge in [0.15, 0.2) is 0 Å². The van der Waals surface area contributed by atoms with E-state index in [9.17, 15) is 9.59 Å². The highest BCUT2D eigenvalue weighted by Crippen LogP contribution is 2.21. The highest BCUT2D eigenvalue weighted by Gasteiger charge is 2.26. The Labute approximate surface area is 121 Å². The zero-order valence-corrected chi connectivity index (χ0v) is 11.6. The molecule has 1 saturated heterocycles. The molecule has 1 N–H and O–H groups in total. The summed E-state index contributed by atoms with van der Waals surface area (Å²) in [5.74, 6) is -1.01. The molecule has 0 spiro atoms. The SMILES string of the molecule is O=C(O)CCOC1CCN(C(=O)c2ccoc2Cl)CC1. The molecule has 1 aromatic rings. The first kappa shape index (κ1) is 14.9. The molecule has 1 amide bonds. The van der Waals surface area contributed by atoms with Gasteiger partial charge in [0.1, 0.15) is 0 Å². The fourth-order valence-corrected chi connectivity index (χ4v) is 2.35. The Balaban J connectivity index is 1.78. The van der Waals surface area contributed by atoms with Gasteiger partial charge in [-0.1, -0.05) is 0 Å². The number of carboxylic acid groups (broad SMARTS) is 1.